The lowest BCUT2D eigenvalue weighted by Gasteiger charge is -2.27. The molecule has 0 aliphatic carbocycles. The van der Waals surface area contributed by atoms with Crippen molar-refractivity contribution < 1.29 is 37.3 Å². The van der Waals surface area contributed by atoms with E-state index < -0.39 is 20.0 Å². The molecule has 0 aromatic heterocycles. The number of amides is 1. The maximum Gasteiger partial charge on any atom is 0.472 e. The van der Waals surface area contributed by atoms with Crippen LogP contribution in [0.5, 0.6) is 0 Å². The fourth-order valence-electron chi connectivity index (χ4n) is 8.51. The van der Waals surface area contributed by atoms with E-state index >= 15 is 0 Å². The first-order chi connectivity index (χ1) is 34.9. The molecular weight excluding hydrogens is 916 g/mol. The predicted octanol–water partition coefficient (Wildman–Crippen LogP) is 18.3. The summed E-state index contributed by atoms with van der Waals surface area (Å²) in [6.45, 7) is 6.97. The Hall–Kier alpha value is -2.29. The smallest absolute Gasteiger partial charge is 0.456 e. The predicted molar refractivity (Wildman–Crippen MR) is 309 cm³/mol. The van der Waals surface area contributed by atoms with E-state index in [1.807, 2.05) is 33.3 Å². The fraction of sp³-hybridized carbons (Fsp3) is 0.806. The number of phosphoric ester groups is 1. The van der Waals surface area contributed by atoms with Crippen molar-refractivity contribution in [1.29, 1.82) is 0 Å². The third kappa shape index (κ3) is 52.6. The van der Waals surface area contributed by atoms with E-state index in [4.69, 9.17) is 13.8 Å². The highest BCUT2D eigenvalue weighted by Crippen LogP contribution is 2.43. The van der Waals surface area contributed by atoms with Crippen LogP contribution in [-0.4, -0.2) is 74.3 Å². The lowest BCUT2D eigenvalue weighted by atomic mass is 10.0. The van der Waals surface area contributed by atoms with Gasteiger partial charge in [-0.1, -0.05) is 242 Å². The maximum absolute atomic E-state index is 13.5. The van der Waals surface area contributed by atoms with Crippen LogP contribution in [0.1, 0.15) is 271 Å². The van der Waals surface area contributed by atoms with Gasteiger partial charge in [0.05, 0.1) is 33.8 Å². The van der Waals surface area contributed by atoms with E-state index in [0.29, 0.717) is 17.4 Å². The summed E-state index contributed by atoms with van der Waals surface area (Å²) < 4.78 is 30.6. The second-order valence-electron chi connectivity index (χ2n) is 21.5. The Morgan fingerprint density at radius 2 is 0.847 bits per heavy atom. The summed E-state index contributed by atoms with van der Waals surface area (Å²) in [5.74, 6) is -0.514. The molecule has 9 nitrogen and oxygen atoms in total. The normalized spacial score (nSPS) is 14.2. The summed E-state index contributed by atoms with van der Waals surface area (Å²) in [5, 5.41) is 3.04. The van der Waals surface area contributed by atoms with Crippen molar-refractivity contribution >= 4 is 19.7 Å². The molecule has 0 bridgehead atoms. The first-order valence-corrected chi connectivity index (χ1v) is 31.6. The Morgan fingerprint density at radius 3 is 1.29 bits per heavy atom. The molecule has 0 aliphatic heterocycles. The van der Waals surface area contributed by atoms with Gasteiger partial charge in [0.25, 0.3) is 0 Å². The summed E-state index contributed by atoms with van der Waals surface area (Å²) in [7, 11) is 1.49. The van der Waals surface area contributed by atoms with E-state index in [1.165, 1.54) is 148 Å². The van der Waals surface area contributed by atoms with Gasteiger partial charge in [-0.2, -0.15) is 0 Å². The van der Waals surface area contributed by atoms with Crippen molar-refractivity contribution in [2.24, 2.45) is 0 Å². The molecular formula is C62H116N2O7P+. The van der Waals surface area contributed by atoms with E-state index in [1.54, 1.807) is 0 Å². The van der Waals surface area contributed by atoms with Gasteiger partial charge < -0.3 is 19.4 Å². The lowest BCUT2D eigenvalue weighted by Crippen LogP contribution is -2.47. The molecule has 0 aromatic rings. The molecule has 1 amide bonds. The number of ether oxygens (including phenoxy) is 1. The van der Waals surface area contributed by atoms with Gasteiger partial charge in [0.1, 0.15) is 19.3 Å². The lowest BCUT2D eigenvalue weighted by molar-refractivity contribution is -0.870. The van der Waals surface area contributed by atoms with Crippen LogP contribution >= 0.6 is 7.82 Å². The van der Waals surface area contributed by atoms with Crippen molar-refractivity contribution in [1.82, 2.24) is 5.32 Å². The van der Waals surface area contributed by atoms with Gasteiger partial charge in [-0.3, -0.25) is 18.6 Å². The third-order valence-corrected chi connectivity index (χ3v) is 14.2. The SMILES string of the molecule is CCCCC/C=C\C/C=C\C/C=C\C/C=C\CCCCCCCCCC(=O)OC(/C=C\CCCCCCCCCCCC)C(COP(=O)(O)OCC[N+](C)(C)C)NC(=O)CCCCCCCCCCCCC. The topological polar surface area (TPSA) is 111 Å². The molecule has 0 fully saturated rings. The maximum atomic E-state index is 13.5. The van der Waals surface area contributed by atoms with Gasteiger partial charge >= 0.3 is 13.8 Å². The number of likely N-dealkylation sites (N-methyl/N-ethyl adjacent to an activating group) is 1. The zero-order chi connectivity index (χ0) is 52.9. The first-order valence-electron chi connectivity index (χ1n) is 30.1. The van der Waals surface area contributed by atoms with Gasteiger partial charge in [-0.05, 0) is 76.7 Å². The number of hydrogen-bond donors (Lipinski definition) is 2. The zero-order valence-corrected chi connectivity index (χ0v) is 48.8. The molecule has 3 atom stereocenters. The molecule has 420 valence electrons. The van der Waals surface area contributed by atoms with E-state index in [-0.39, 0.29) is 31.5 Å². The van der Waals surface area contributed by atoms with Gasteiger partial charge in [-0.15, -0.1) is 0 Å². The van der Waals surface area contributed by atoms with Crippen molar-refractivity contribution in [3.05, 3.63) is 60.8 Å². The quantitative estimate of drug-likeness (QED) is 0.0205. The van der Waals surface area contributed by atoms with Gasteiger partial charge in [0, 0.05) is 12.8 Å². The minimum absolute atomic E-state index is 0.0381. The number of unbranched alkanes of at least 4 members (excludes halogenated alkanes) is 30. The second kappa shape index (κ2) is 52.2. The molecule has 0 aromatic carbocycles. The molecule has 10 heteroatoms. The number of hydrogen-bond acceptors (Lipinski definition) is 6. The standard InChI is InChI=1S/C62H115N2O7P/c1-7-10-13-16-19-22-25-27-28-29-30-31-32-33-34-35-36-37-40-43-46-49-52-55-62(66)71-60(53-50-47-44-41-39-26-23-20-17-14-11-8-2)59(58-70-72(67,68)69-57-56-64(4,5)6)63-61(65)54-51-48-45-42-38-24-21-18-15-12-9-3/h19,22,27-28,30-31,33-34,50,53,59-60H,7-18,20-21,23-26,29,32,35-49,51-52,54-58H2,1-6H3,(H-,63,65,67,68)/p+1/b22-19-,28-27-,31-30-,34-33-,53-50-. The number of allylic oxidation sites excluding steroid dienone is 9. The molecule has 2 N–H and O–H groups in total. The second-order valence-corrected chi connectivity index (χ2v) is 23.0. The Bertz CT molecular complexity index is 1420. The number of esters is 1. The fourth-order valence-corrected chi connectivity index (χ4v) is 9.25. The molecule has 0 saturated carbocycles. The number of carbonyl (C=O) groups is 2. The Balaban J connectivity index is 5.20. The van der Waals surface area contributed by atoms with Crippen molar-refractivity contribution in [2.45, 2.75) is 283 Å². The van der Waals surface area contributed by atoms with Gasteiger partial charge in [0.2, 0.25) is 5.91 Å². The summed E-state index contributed by atoms with van der Waals surface area (Å²) in [6, 6.07) is -0.850. The molecule has 3 unspecified atom stereocenters. The van der Waals surface area contributed by atoms with Crippen LogP contribution in [0, 0.1) is 0 Å². The number of nitrogens with zero attached hydrogens (tertiary/aromatic N) is 1. The van der Waals surface area contributed by atoms with E-state index in [9.17, 15) is 19.0 Å². The average Bonchev–Trinajstić information content (AvgIpc) is 3.34. The highest BCUT2D eigenvalue weighted by atomic mass is 31.2. The highest BCUT2D eigenvalue weighted by Gasteiger charge is 2.30. The monoisotopic (exact) mass is 1030 g/mol. The van der Waals surface area contributed by atoms with Crippen LogP contribution in [-0.2, 0) is 27.9 Å². The Labute approximate surface area is 445 Å². The molecule has 0 saturated heterocycles. The zero-order valence-electron chi connectivity index (χ0n) is 47.9. The summed E-state index contributed by atoms with van der Waals surface area (Å²) in [6.07, 6.45) is 65.0. The molecule has 0 spiro atoms. The van der Waals surface area contributed by atoms with Crippen molar-refractivity contribution in [3.63, 3.8) is 0 Å². The van der Waals surface area contributed by atoms with Crippen molar-refractivity contribution in [3.8, 4) is 0 Å². The minimum atomic E-state index is -4.44. The third-order valence-electron chi connectivity index (χ3n) is 13.2. The van der Waals surface area contributed by atoms with Crippen LogP contribution < -0.4 is 5.32 Å². The van der Waals surface area contributed by atoms with Crippen LogP contribution in [0.3, 0.4) is 0 Å². The Morgan fingerprint density at radius 1 is 0.486 bits per heavy atom. The minimum Gasteiger partial charge on any atom is -0.456 e. The summed E-state index contributed by atoms with van der Waals surface area (Å²) in [5.41, 5.74) is 0. The van der Waals surface area contributed by atoms with Gasteiger partial charge in [-0.25, -0.2) is 4.57 Å². The number of nitrogens with one attached hydrogen (secondary N) is 1. The average molecular weight is 1030 g/mol. The highest BCUT2D eigenvalue weighted by molar-refractivity contribution is 7.47. The van der Waals surface area contributed by atoms with Crippen LogP contribution in [0.25, 0.3) is 0 Å². The summed E-state index contributed by atoms with van der Waals surface area (Å²) >= 11 is 0. The van der Waals surface area contributed by atoms with Crippen LogP contribution in [0.4, 0.5) is 0 Å². The first kappa shape index (κ1) is 69.7. The van der Waals surface area contributed by atoms with Crippen molar-refractivity contribution in [2.75, 3.05) is 40.9 Å². The molecule has 0 radical (unpaired) electrons. The molecule has 72 heavy (non-hydrogen) atoms. The van der Waals surface area contributed by atoms with E-state index in [2.05, 4.69) is 74.7 Å². The van der Waals surface area contributed by atoms with Crippen LogP contribution in [0.15, 0.2) is 60.8 Å². The number of carbonyl (C=O) groups excluding carboxylic acids is 2. The molecule has 0 aliphatic rings. The molecule has 0 rings (SSSR count). The molecule has 0 heterocycles. The number of phosphoric acid groups is 1. The van der Waals surface area contributed by atoms with Crippen LogP contribution in [0.2, 0.25) is 0 Å². The largest absolute Gasteiger partial charge is 0.472 e. The van der Waals surface area contributed by atoms with E-state index in [0.717, 1.165) is 89.9 Å². The summed E-state index contributed by atoms with van der Waals surface area (Å²) in [4.78, 5) is 37.6. The number of quaternary nitrogens is 1. The number of rotatable bonds is 54. The van der Waals surface area contributed by atoms with Gasteiger partial charge in [0.15, 0.2) is 0 Å². The Kier molecular flexibility index (Phi) is 50.5.